The first kappa shape index (κ1) is 22.1. The predicted octanol–water partition coefficient (Wildman–Crippen LogP) is 2.54. The molecule has 0 bridgehead atoms. The lowest BCUT2D eigenvalue weighted by atomic mass is 10.1. The van der Waals surface area contributed by atoms with Gasteiger partial charge in [0, 0.05) is 11.8 Å². The third-order valence-corrected chi connectivity index (χ3v) is 4.17. The summed E-state index contributed by atoms with van der Waals surface area (Å²) in [6.07, 6.45) is 5.86. The first-order valence-corrected chi connectivity index (χ1v) is 9.86. The number of primary sulfonamides is 1. The molecule has 1 heterocycles. The van der Waals surface area contributed by atoms with E-state index >= 15 is 0 Å². The second kappa shape index (κ2) is 9.34. The lowest BCUT2D eigenvalue weighted by Gasteiger charge is -2.10. The lowest BCUT2D eigenvalue weighted by Crippen LogP contribution is -2.17. The number of anilines is 1. The maximum atomic E-state index is 13.6. The van der Waals surface area contributed by atoms with E-state index in [0.29, 0.717) is 5.57 Å². The molecule has 3 N–H and O–H groups in total. The Morgan fingerprint density at radius 2 is 2.00 bits per heavy atom. The number of halogens is 2. The minimum atomic E-state index is -3.73. The van der Waals surface area contributed by atoms with Gasteiger partial charge in [0.05, 0.1) is 18.4 Å². The van der Waals surface area contributed by atoms with Gasteiger partial charge in [0.1, 0.15) is 12.1 Å². The van der Waals surface area contributed by atoms with Crippen molar-refractivity contribution in [2.45, 2.75) is 6.92 Å². The SMILES string of the molecule is C=C(/C=C(\C=C/C)CS(N)(=O)=O)Nc1ncnc(-c2cc(F)c(F)cc2OC)n1. The van der Waals surface area contributed by atoms with Crippen LogP contribution in [0.15, 0.2) is 54.5 Å². The summed E-state index contributed by atoms with van der Waals surface area (Å²) in [5.74, 6) is -2.40. The second-order valence-corrected chi connectivity index (χ2v) is 7.39. The van der Waals surface area contributed by atoms with Gasteiger partial charge in [-0.25, -0.2) is 32.3 Å². The fourth-order valence-corrected chi connectivity index (χ4v) is 2.99. The summed E-state index contributed by atoms with van der Waals surface area (Å²) in [7, 11) is -2.43. The Morgan fingerprint density at radius 1 is 1.31 bits per heavy atom. The molecule has 0 atom stereocenters. The molecule has 1 aromatic heterocycles. The Morgan fingerprint density at radius 3 is 2.62 bits per heavy atom. The standard InChI is InChI=1S/C18H19F2N5O3S/c1-4-5-12(9-29(21,26)27)6-11(2)24-18-23-10-22-17(25-18)13-7-14(19)15(20)8-16(13)28-3/h4-8,10H,2,9H2,1,3H3,(H2,21,26,27)(H,22,23,24,25)/b5-4-,12-6+. The molecule has 0 spiro atoms. The van der Waals surface area contributed by atoms with Gasteiger partial charge in [-0.1, -0.05) is 18.7 Å². The van der Waals surface area contributed by atoms with E-state index in [-0.39, 0.29) is 34.5 Å². The van der Waals surface area contributed by atoms with E-state index in [4.69, 9.17) is 9.88 Å². The monoisotopic (exact) mass is 423 g/mol. The fourth-order valence-electron chi connectivity index (χ4n) is 2.35. The molecule has 2 rings (SSSR count). The molecule has 0 saturated carbocycles. The third-order valence-electron chi connectivity index (χ3n) is 3.44. The van der Waals surface area contributed by atoms with Crippen LogP contribution in [0.2, 0.25) is 0 Å². The zero-order chi connectivity index (χ0) is 21.6. The molecule has 0 fully saturated rings. The quantitative estimate of drug-likeness (QED) is 0.626. The maximum Gasteiger partial charge on any atom is 0.230 e. The number of ether oxygens (including phenoxy) is 1. The Kier molecular flexibility index (Phi) is 7.13. The van der Waals surface area contributed by atoms with Crippen LogP contribution in [0.25, 0.3) is 11.4 Å². The zero-order valence-electron chi connectivity index (χ0n) is 15.7. The first-order chi connectivity index (χ1) is 13.6. The topological polar surface area (TPSA) is 120 Å². The number of nitrogens with two attached hydrogens (primary N) is 1. The lowest BCUT2D eigenvalue weighted by molar-refractivity contribution is 0.408. The number of sulfonamides is 1. The fraction of sp³-hybridized carbons (Fsp3) is 0.167. The highest BCUT2D eigenvalue weighted by molar-refractivity contribution is 7.89. The minimum Gasteiger partial charge on any atom is -0.496 e. The van der Waals surface area contributed by atoms with Gasteiger partial charge in [-0.05, 0) is 24.6 Å². The smallest absolute Gasteiger partial charge is 0.230 e. The Labute approximate surface area is 166 Å². The second-order valence-electron chi connectivity index (χ2n) is 5.78. The normalized spacial score (nSPS) is 12.2. The number of aromatic nitrogens is 3. The summed E-state index contributed by atoms with van der Waals surface area (Å²) >= 11 is 0. The van der Waals surface area contributed by atoms with Crippen molar-refractivity contribution in [3.05, 3.63) is 66.2 Å². The average Bonchev–Trinajstić information content (AvgIpc) is 2.62. The van der Waals surface area contributed by atoms with Gasteiger partial charge in [0.15, 0.2) is 17.5 Å². The molecular formula is C18H19F2N5O3S. The van der Waals surface area contributed by atoms with Gasteiger partial charge >= 0.3 is 0 Å². The number of methoxy groups -OCH3 is 1. The molecule has 0 radical (unpaired) electrons. The molecular weight excluding hydrogens is 404 g/mol. The van der Waals surface area contributed by atoms with Crippen LogP contribution >= 0.6 is 0 Å². The Bertz CT molecular complexity index is 1080. The minimum absolute atomic E-state index is 0.0354. The van der Waals surface area contributed by atoms with Crippen molar-refractivity contribution in [1.29, 1.82) is 0 Å². The van der Waals surface area contributed by atoms with Crippen LogP contribution in [0.4, 0.5) is 14.7 Å². The van der Waals surface area contributed by atoms with Crippen LogP contribution in [0.3, 0.4) is 0 Å². The van der Waals surface area contributed by atoms with Crippen molar-refractivity contribution in [3.8, 4) is 17.1 Å². The summed E-state index contributed by atoms with van der Waals surface area (Å²) in [6.45, 7) is 5.50. The van der Waals surface area contributed by atoms with Crippen LogP contribution in [-0.2, 0) is 10.0 Å². The van der Waals surface area contributed by atoms with E-state index in [2.05, 4.69) is 26.8 Å². The Hall–Kier alpha value is -3.18. The molecule has 0 aliphatic rings. The van der Waals surface area contributed by atoms with Crippen molar-refractivity contribution in [2.75, 3.05) is 18.2 Å². The van der Waals surface area contributed by atoms with Crippen LogP contribution in [0.5, 0.6) is 5.75 Å². The van der Waals surface area contributed by atoms with Crippen molar-refractivity contribution >= 4 is 16.0 Å². The van der Waals surface area contributed by atoms with E-state index < -0.39 is 21.7 Å². The van der Waals surface area contributed by atoms with Crippen molar-refractivity contribution in [2.24, 2.45) is 5.14 Å². The highest BCUT2D eigenvalue weighted by Crippen LogP contribution is 2.30. The van der Waals surface area contributed by atoms with E-state index in [0.717, 1.165) is 12.1 Å². The molecule has 0 aliphatic heterocycles. The zero-order valence-corrected chi connectivity index (χ0v) is 16.5. The van der Waals surface area contributed by atoms with E-state index in [1.165, 1.54) is 19.5 Å². The molecule has 2 aromatic rings. The highest BCUT2D eigenvalue weighted by Gasteiger charge is 2.15. The van der Waals surface area contributed by atoms with Crippen LogP contribution < -0.4 is 15.2 Å². The molecule has 0 aliphatic carbocycles. The molecule has 1 aromatic carbocycles. The Balaban J connectivity index is 2.32. The van der Waals surface area contributed by atoms with E-state index in [1.807, 2.05) is 0 Å². The van der Waals surface area contributed by atoms with E-state index in [1.54, 1.807) is 19.1 Å². The summed E-state index contributed by atoms with van der Waals surface area (Å²) in [4.78, 5) is 12.0. The molecule has 11 heteroatoms. The number of hydrogen-bond donors (Lipinski definition) is 2. The number of nitrogens with zero attached hydrogens (tertiary/aromatic N) is 3. The van der Waals surface area contributed by atoms with Gasteiger partial charge in [-0.15, -0.1) is 0 Å². The van der Waals surface area contributed by atoms with Crippen molar-refractivity contribution in [1.82, 2.24) is 15.0 Å². The van der Waals surface area contributed by atoms with E-state index in [9.17, 15) is 17.2 Å². The largest absolute Gasteiger partial charge is 0.496 e. The molecule has 154 valence electrons. The number of allylic oxidation sites excluding steroid dienone is 3. The molecule has 8 nitrogen and oxygen atoms in total. The molecule has 0 unspecified atom stereocenters. The summed E-state index contributed by atoms with van der Waals surface area (Å²) in [5, 5.41) is 7.85. The third kappa shape index (κ3) is 6.43. The van der Waals surface area contributed by atoms with Crippen LogP contribution in [0.1, 0.15) is 6.92 Å². The van der Waals surface area contributed by atoms with Crippen LogP contribution in [-0.4, -0.2) is 36.2 Å². The maximum absolute atomic E-state index is 13.6. The highest BCUT2D eigenvalue weighted by atomic mass is 32.2. The number of nitrogens with one attached hydrogen (secondary N) is 1. The van der Waals surface area contributed by atoms with Gasteiger partial charge < -0.3 is 10.1 Å². The average molecular weight is 423 g/mol. The number of rotatable bonds is 8. The van der Waals surface area contributed by atoms with Gasteiger partial charge in [0.2, 0.25) is 16.0 Å². The number of benzene rings is 1. The summed E-state index contributed by atoms with van der Waals surface area (Å²) in [6, 6.07) is 1.80. The first-order valence-electron chi connectivity index (χ1n) is 8.15. The predicted molar refractivity (Wildman–Crippen MR) is 105 cm³/mol. The molecule has 0 saturated heterocycles. The van der Waals surface area contributed by atoms with Gasteiger partial charge in [0.25, 0.3) is 0 Å². The number of hydrogen-bond acceptors (Lipinski definition) is 7. The molecule has 29 heavy (non-hydrogen) atoms. The summed E-state index contributed by atoms with van der Waals surface area (Å²) in [5.41, 5.74) is 0.794. The summed E-state index contributed by atoms with van der Waals surface area (Å²) < 4.78 is 54.7. The molecule has 0 amide bonds. The van der Waals surface area contributed by atoms with Crippen molar-refractivity contribution in [3.63, 3.8) is 0 Å². The van der Waals surface area contributed by atoms with Gasteiger partial charge in [-0.2, -0.15) is 4.98 Å². The van der Waals surface area contributed by atoms with Crippen molar-refractivity contribution < 1.29 is 21.9 Å². The van der Waals surface area contributed by atoms with Crippen LogP contribution in [0, 0.1) is 11.6 Å². The van der Waals surface area contributed by atoms with Gasteiger partial charge in [-0.3, -0.25) is 0 Å².